The molecule has 9 heteroatoms. The van der Waals surface area contributed by atoms with Gasteiger partial charge in [0.05, 0.1) is 5.56 Å². The van der Waals surface area contributed by atoms with E-state index in [1.807, 2.05) is 32.9 Å². The highest BCUT2D eigenvalue weighted by molar-refractivity contribution is 5.99. The summed E-state index contributed by atoms with van der Waals surface area (Å²) in [5, 5.41) is 12.8. The van der Waals surface area contributed by atoms with Crippen LogP contribution in [0.25, 0.3) is 0 Å². The molecule has 3 aromatic rings. The van der Waals surface area contributed by atoms with E-state index < -0.39 is 6.03 Å². The van der Waals surface area contributed by atoms with E-state index in [1.165, 1.54) is 19.2 Å². The van der Waals surface area contributed by atoms with E-state index in [0.29, 0.717) is 17.3 Å². The molecule has 2 aromatic heterocycles. The first-order chi connectivity index (χ1) is 16.9. The van der Waals surface area contributed by atoms with Crippen molar-refractivity contribution in [1.82, 2.24) is 20.0 Å². The van der Waals surface area contributed by atoms with Crippen LogP contribution in [-0.4, -0.2) is 52.2 Å². The van der Waals surface area contributed by atoms with Crippen LogP contribution in [0.1, 0.15) is 50.5 Å². The Morgan fingerprint density at radius 2 is 1.97 bits per heavy atom. The average molecular weight is 474 g/mol. The molecule has 0 bridgehead atoms. The van der Waals surface area contributed by atoms with Crippen molar-refractivity contribution in [2.45, 2.75) is 39.0 Å². The summed E-state index contributed by atoms with van der Waals surface area (Å²) in [6, 6.07) is 8.63. The van der Waals surface area contributed by atoms with Crippen LogP contribution < -0.4 is 16.0 Å². The number of rotatable bonds is 6. The number of nitrogens with one attached hydrogen (secondary N) is 3. The lowest BCUT2D eigenvalue weighted by molar-refractivity contribution is 0.262. The number of hydrogen-bond donors (Lipinski definition) is 3. The second kappa shape index (κ2) is 11.0. The molecule has 2 amide bonds. The number of aromatic nitrogens is 3. The molecule has 1 aromatic carbocycles. The molecule has 3 heterocycles. The van der Waals surface area contributed by atoms with Gasteiger partial charge < -0.3 is 20.1 Å². The Kier molecular flexibility index (Phi) is 7.63. The smallest absolute Gasteiger partial charge is 0.324 e. The van der Waals surface area contributed by atoms with Crippen molar-refractivity contribution < 1.29 is 9.32 Å². The highest BCUT2D eigenvalue weighted by Crippen LogP contribution is 2.24. The third-order valence-corrected chi connectivity index (χ3v) is 5.58. The van der Waals surface area contributed by atoms with Gasteiger partial charge in [-0.2, -0.15) is 0 Å². The molecule has 9 nitrogen and oxygen atoms in total. The van der Waals surface area contributed by atoms with Gasteiger partial charge in [0.25, 0.3) is 0 Å². The zero-order valence-corrected chi connectivity index (χ0v) is 20.4. The van der Waals surface area contributed by atoms with Crippen LogP contribution in [0.15, 0.2) is 47.4 Å². The largest absolute Gasteiger partial charge is 0.368 e. The summed E-state index contributed by atoms with van der Waals surface area (Å²) in [5.41, 5.74) is 1.91. The molecule has 0 atom stereocenters. The van der Waals surface area contributed by atoms with Crippen LogP contribution in [0.5, 0.6) is 0 Å². The summed E-state index contributed by atoms with van der Waals surface area (Å²) in [4.78, 5) is 23.3. The lowest BCUT2D eigenvalue weighted by atomic mass is 9.93. The normalized spacial score (nSPS) is 13.7. The molecular formula is C26H31N7O2. The van der Waals surface area contributed by atoms with Crippen LogP contribution in [0.4, 0.5) is 22.1 Å². The number of carbonyl (C=O) groups excluding carboxylic acids is 1. The summed E-state index contributed by atoms with van der Waals surface area (Å²) in [7, 11) is 0. The molecule has 35 heavy (non-hydrogen) atoms. The van der Waals surface area contributed by atoms with Gasteiger partial charge in [-0.15, -0.1) is 0 Å². The summed E-state index contributed by atoms with van der Waals surface area (Å²) in [6.45, 7) is 10.2. The highest BCUT2D eigenvalue weighted by Gasteiger charge is 2.20. The molecule has 0 unspecified atom stereocenters. The number of nitrogens with zero attached hydrogens (tertiary/aromatic N) is 4. The van der Waals surface area contributed by atoms with Gasteiger partial charge in [-0.3, -0.25) is 5.32 Å². The third kappa shape index (κ3) is 7.04. The van der Waals surface area contributed by atoms with Crippen LogP contribution in [0.3, 0.4) is 0 Å². The molecule has 4 rings (SSSR count). The molecule has 1 saturated heterocycles. The molecule has 0 spiro atoms. The summed E-state index contributed by atoms with van der Waals surface area (Å²) < 4.78 is 5.30. The summed E-state index contributed by atoms with van der Waals surface area (Å²) in [6.07, 6.45) is 5.78. The Labute approximate surface area is 205 Å². The van der Waals surface area contributed by atoms with E-state index in [4.69, 9.17) is 4.52 Å². The Morgan fingerprint density at radius 1 is 1.14 bits per heavy atom. The van der Waals surface area contributed by atoms with Crippen molar-refractivity contribution >= 4 is 23.4 Å². The second-order valence-electron chi connectivity index (χ2n) is 9.50. The maximum Gasteiger partial charge on any atom is 0.324 e. The van der Waals surface area contributed by atoms with Crippen molar-refractivity contribution in [3.8, 4) is 11.8 Å². The van der Waals surface area contributed by atoms with Crippen LogP contribution in [0, 0.1) is 11.8 Å². The van der Waals surface area contributed by atoms with Gasteiger partial charge in [-0.25, -0.2) is 14.8 Å². The average Bonchev–Trinajstić information content (AvgIpc) is 3.51. The van der Waals surface area contributed by atoms with Gasteiger partial charge >= 0.3 is 6.03 Å². The number of amides is 2. The Hall–Kier alpha value is -3.90. The third-order valence-electron chi connectivity index (χ3n) is 5.58. The quantitative estimate of drug-likeness (QED) is 0.458. The standard InChI is InChI=1S/C26H31N7O2/c1-26(2,3)22-16-23(32-35-22)31-25(34)30-21-8-6-7-19(15-21)9-10-20-17-27-18-29-24(20)28-11-14-33-12-4-5-13-33/h6-8,15-18H,4-5,11-14H2,1-3H3,(H,27,28,29)(H2,30,31,32,34). The first-order valence-electron chi connectivity index (χ1n) is 11.8. The molecule has 3 N–H and O–H groups in total. The van der Waals surface area contributed by atoms with Gasteiger partial charge in [0, 0.05) is 42.0 Å². The minimum absolute atomic E-state index is 0.191. The minimum atomic E-state index is -0.412. The van der Waals surface area contributed by atoms with Crippen molar-refractivity contribution in [1.29, 1.82) is 0 Å². The fourth-order valence-corrected chi connectivity index (χ4v) is 3.68. The fourth-order valence-electron chi connectivity index (χ4n) is 3.68. The first kappa shape index (κ1) is 24.2. The minimum Gasteiger partial charge on any atom is -0.368 e. The highest BCUT2D eigenvalue weighted by atomic mass is 16.5. The Morgan fingerprint density at radius 3 is 2.74 bits per heavy atom. The van der Waals surface area contributed by atoms with E-state index in [1.54, 1.807) is 24.4 Å². The molecule has 182 valence electrons. The molecule has 0 radical (unpaired) electrons. The van der Waals surface area contributed by atoms with Gasteiger partial charge in [0.1, 0.15) is 17.9 Å². The molecule has 0 saturated carbocycles. The van der Waals surface area contributed by atoms with Crippen molar-refractivity contribution in [3.05, 3.63) is 59.7 Å². The SMILES string of the molecule is CC(C)(C)c1cc(NC(=O)Nc2cccc(C#Cc3cncnc3NCCN3CCCC3)c2)no1. The number of hydrogen-bond acceptors (Lipinski definition) is 7. The monoisotopic (exact) mass is 473 g/mol. The zero-order chi connectivity index (χ0) is 24.7. The summed E-state index contributed by atoms with van der Waals surface area (Å²) >= 11 is 0. The van der Waals surface area contributed by atoms with Gasteiger partial charge in [-0.1, -0.05) is 43.8 Å². The van der Waals surface area contributed by atoms with Crippen molar-refractivity contribution in [2.24, 2.45) is 0 Å². The van der Waals surface area contributed by atoms with Crippen molar-refractivity contribution in [3.63, 3.8) is 0 Å². The molecule has 0 aliphatic carbocycles. The van der Waals surface area contributed by atoms with Crippen LogP contribution >= 0.6 is 0 Å². The Balaban J connectivity index is 1.36. The van der Waals surface area contributed by atoms with Gasteiger partial charge in [0.2, 0.25) is 0 Å². The number of carbonyl (C=O) groups is 1. The van der Waals surface area contributed by atoms with Gasteiger partial charge in [-0.05, 0) is 44.1 Å². The van der Waals surface area contributed by atoms with E-state index in [-0.39, 0.29) is 5.41 Å². The predicted octanol–water partition coefficient (Wildman–Crippen LogP) is 4.31. The van der Waals surface area contributed by atoms with Crippen molar-refractivity contribution in [2.75, 3.05) is 42.1 Å². The van der Waals surface area contributed by atoms with Crippen LogP contribution in [-0.2, 0) is 5.41 Å². The predicted molar refractivity (Wildman–Crippen MR) is 136 cm³/mol. The van der Waals surface area contributed by atoms with Crippen LogP contribution in [0.2, 0.25) is 0 Å². The van der Waals surface area contributed by atoms with E-state index >= 15 is 0 Å². The number of likely N-dealkylation sites (tertiary alicyclic amines) is 1. The number of anilines is 3. The molecule has 1 aliphatic rings. The number of benzene rings is 1. The maximum atomic E-state index is 12.4. The van der Waals surface area contributed by atoms with E-state index in [9.17, 15) is 4.79 Å². The topological polar surface area (TPSA) is 108 Å². The maximum absolute atomic E-state index is 12.4. The number of urea groups is 1. The molecular weight excluding hydrogens is 442 g/mol. The summed E-state index contributed by atoms with van der Waals surface area (Å²) in [5.74, 6) is 8.06. The van der Waals surface area contributed by atoms with E-state index in [0.717, 1.165) is 43.1 Å². The van der Waals surface area contributed by atoms with Gasteiger partial charge in [0.15, 0.2) is 5.82 Å². The Bertz CT molecular complexity index is 1210. The lowest BCUT2D eigenvalue weighted by Gasteiger charge is -2.15. The van der Waals surface area contributed by atoms with E-state index in [2.05, 4.69) is 47.8 Å². The first-order valence-corrected chi connectivity index (χ1v) is 11.8. The molecule has 1 aliphatic heterocycles. The fraction of sp³-hybridized carbons (Fsp3) is 0.385. The zero-order valence-electron chi connectivity index (χ0n) is 20.4. The molecule has 1 fully saturated rings. The lowest BCUT2D eigenvalue weighted by Crippen LogP contribution is -2.26. The second-order valence-corrected chi connectivity index (χ2v) is 9.50.